The van der Waals surface area contributed by atoms with E-state index in [9.17, 15) is 4.79 Å². The molecule has 0 N–H and O–H groups in total. The lowest BCUT2D eigenvalue weighted by atomic mass is 10.0. The highest BCUT2D eigenvalue weighted by atomic mass is 79.9. The molecule has 0 radical (unpaired) electrons. The van der Waals surface area contributed by atoms with Gasteiger partial charge in [0, 0.05) is 22.8 Å². The molecule has 3 rings (SSSR count). The molecule has 0 unspecified atom stereocenters. The Kier molecular flexibility index (Phi) is 10.0. The molecule has 2 aromatic heterocycles. The number of carbonyl (C=O) groups excluding carboxylic acids is 1. The predicted octanol–water partition coefficient (Wildman–Crippen LogP) is 7.17. The first kappa shape index (κ1) is 25.5. The van der Waals surface area contributed by atoms with E-state index in [-0.39, 0.29) is 5.78 Å². The normalized spacial score (nSPS) is 11.4. The summed E-state index contributed by atoms with van der Waals surface area (Å²) in [4.78, 5) is 15.9. The second-order valence-electron chi connectivity index (χ2n) is 8.55. The molecule has 4 nitrogen and oxygen atoms in total. The topological polar surface area (TPSA) is 34.0 Å². The zero-order valence-electron chi connectivity index (χ0n) is 20.3. The molecule has 0 spiro atoms. The number of ketones is 1. The molecule has 1 aromatic carbocycles. The van der Waals surface area contributed by atoms with Crippen LogP contribution in [-0.2, 0) is 6.42 Å². The Hall–Kier alpha value is -2.11. The molecule has 0 saturated carbocycles. The maximum Gasteiger partial charge on any atom is 0.210 e. The zero-order chi connectivity index (χ0) is 23.6. The van der Waals surface area contributed by atoms with Crippen molar-refractivity contribution in [3.63, 3.8) is 0 Å². The van der Waals surface area contributed by atoms with E-state index in [4.69, 9.17) is 4.74 Å². The van der Waals surface area contributed by atoms with Gasteiger partial charge in [-0.15, -0.1) is 0 Å². The molecule has 33 heavy (non-hydrogen) atoms. The maximum atomic E-state index is 13.4. The van der Waals surface area contributed by atoms with Crippen molar-refractivity contribution in [3.05, 3.63) is 70.0 Å². The van der Waals surface area contributed by atoms with E-state index in [1.807, 2.05) is 53.1 Å². The van der Waals surface area contributed by atoms with Crippen molar-refractivity contribution >= 4 is 27.2 Å². The van der Waals surface area contributed by atoms with Gasteiger partial charge in [-0.1, -0.05) is 39.7 Å². The van der Waals surface area contributed by atoms with Crippen molar-refractivity contribution in [2.45, 2.75) is 59.3 Å². The van der Waals surface area contributed by atoms with Gasteiger partial charge in [0.25, 0.3) is 0 Å². The van der Waals surface area contributed by atoms with E-state index in [0.29, 0.717) is 12.2 Å². The first-order valence-electron chi connectivity index (χ1n) is 12.4. The zero-order valence-corrected chi connectivity index (χ0v) is 21.9. The molecule has 0 amide bonds. The Labute approximate surface area is 207 Å². The summed E-state index contributed by atoms with van der Waals surface area (Å²) in [5.41, 5.74) is 3.47. The lowest BCUT2D eigenvalue weighted by molar-refractivity contribution is 0.103. The molecule has 3 aromatic rings. The highest BCUT2D eigenvalue weighted by Crippen LogP contribution is 2.31. The van der Waals surface area contributed by atoms with Crippen LogP contribution in [0.1, 0.15) is 74.5 Å². The van der Waals surface area contributed by atoms with Crippen LogP contribution in [0.5, 0.6) is 5.75 Å². The fourth-order valence-corrected chi connectivity index (χ4v) is 5.00. The van der Waals surface area contributed by atoms with Gasteiger partial charge in [-0.05, 0) is 96.7 Å². The highest BCUT2D eigenvalue weighted by molar-refractivity contribution is 9.10. The Morgan fingerprint density at radius 3 is 2.24 bits per heavy atom. The van der Waals surface area contributed by atoms with Crippen LogP contribution in [0.2, 0.25) is 0 Å². The molecule has 5 heteroatoms. The highest BCUT2D eigenvalue weighted by Gasteiger charge is 2.21. The van der Waals surface area contributed by atoms with Crippen LogP contribution in [0, 0.1) is 0 Å². The number of hydrogen-bond acceptors (Lipinski definition) is 3. The lowest BCUT2D eigenvalue weighted by Gasteiger charge is -2.21. The summed E-state index contributed by atoms with van der Waals surface area (Å²) in [5, 5.41) is 0. The Morgan fingerprint density at radius 2 is 1.61 bits per heavy atom. The van der Waals surface area contributed by atoms with Crippen LogP contribution < -0.4 is 4.74 Å². The van der Waals surface area contributed by atoms with Crippen molar-refractivity contribution in [3.8, 4) is 5.75 Å². The van der Waals surface area contributed by atoms with Crippen LogP contribution in [0.15, 0.2) is 53.1 Å². The average molecular weight is 514 g/mol. The van der Waals surface area contributed by atoms with Gasteiger partial charge in [-0.2, -0.15) is 0 Å². The number of fused-ring (bicyclic) bond motifs is 1. The number of aromatic nitrogens is 1. The molecular formula is C28H37BrN2O2. The number of benzene rings is 1. The second-order valence-corrected chi connectivity index (χ2v) is 9.35. The van der Waals surface area contributed by atoms with Gasteiger partial charge in [-0.25, -0.2) is 0 Å². The van der Waals surface area contributed by atoms with Crippen molar-refractivity contribution in [1.82, 2.24) is 9.30 Å². The summed E-state index contributed by atoms with van der Waals surface area (Å²) in [5.74, 6) is 0.852. The van der Waals surface area contributed by atoms with E-state index in [1.54, 1.807) is 0 Å². The minimum absolute atomic E-state index is 0.0350. The Balaban J connectivity index is 1.61. The maximum absolute atomic E-state index is 13.4. The third kappa shape index (κ3) is 6.48. The minimum atomic E-state index is 0.0350. The lowest BCUT2D eigenvalue weighted by Crippen LogP contribution is -2.28. The first-order valence-corrected chi connectivity index (χ1v) is 13.2. The van der Waals surface area contributed by atoms with E-state index in [2.05, 4.69) is 41.6 Å². The third-order valence-electron chi connectivity index (χ3n) is 6.10. The monoisotopic (exact) mass is 512 g/mol. The van der Waals surface area contributed by atoms with Crippen LogP contribution in [0.25, 0.3) is 5.52 Å². The molecule has 0 bridgehead atoms. The molecule has 0 atom stereocenters. The quantitative estimate of drug-likeness (QED) is 0.169. The second kappa shape index (κ2) is 13.0. The number of hydrogen-bond donors (Lipinski definition) is 0. The molecule has 0 aliphatic rings. The predicted molar refractivity (Wildman–Crippen MR) is 141 cm³/mol. The molecule has 0 saturated heterocycles. The standard InChI is InChI=1S/C28H37BrN2O2/c1-4-7-17-30(18-8-5-2)19-11-21-33-23-15-13-22(14-16-23)28(32)27-24(6-3)26(29)25-12-9-10-20-31(25)27/h9-10,12-16,20H,4-8,11,17-19,21H2,1-3H3. The largest absolute Gasteiger partial charge is 0.494 e. The Morgan fingerprint density at radius 1 is 0.939 bits per heavy atom. The van der Waals surface area contributed by atoms with Crippen molar-refractivity contribution in [1.29, 1.82) is 0 Å². The van der Waals surface area contributed by atoms with Crippen molar-refractivity contribution in [2.24, 2.45) is 0 Å². The number of nitrogens with zero attached hydrogens (tertiary/aromatic N) is 2. The molecule has 0 aliphatic carbocycles. The molecule has 178 valence electrons. The summed E-state index contributed by atoms with van der Waals surface area (Å²) in [7, 11) is 0. The third-order valence-corrected chi connectivity index (χ3v) is 6.99. The fraction of sp³-hybridized carbons (Fsp3) is 0.464. The SMILES string of the molecule is CCCCN(CCCC)CCCOc1ccc(C(=O)c2c(CC)c(Br)c3ccccn23)cc1. The smallest absolute Gasteiger partial charge is 0.210 e. The number of pyridine rings is 1. The van der Waals surface area contributed by atoms with Gasteiger partial charge < -0.3 is 14.0 Å². The first-order chi connectivity index (χ1) is 16.1. The summed E-state index contributed by atoms with van der Waals surface area (Å²) >= 11 is 3.69. The van der Waals surface area contributed by atoms with Gasteiger partial charge >= 0.3 is 0 Å². The van der Waals surface area contributed by atoms with Gasteiger partial charge in [0.1, 0.15) is 5.75 Å². The van der Waals surface area contributed by atoms with E-state index in [0.717, 1.165) is 46.4 Å². The van der Waals surface area contributed by atoms with Gasteiger partial charge in [0.05, 0.1) is 17.8 Å². The molecule has 2 heterocycles. The summed E-state index contributed by atoms with van der Waals surface area (Å²) in [6.07, 6.45) is 8.74. The number of halogens is 1. The van der Waals surface area contributed by atoms with Crippen molar-refractivity contribution < 1.29 is 9.53 Å². The number of carbonyl (C=O) groups is 1. The van der Waals surface area contributed by atoms with Crippen LogP contribution in [0.3, 0.4) is 0 Å². The van der Waals surface area contributed by atoms with E-state index >= 15 is 0 Å². The van der Waals surface area contributed by atoms with Crippen LogP contribution >= 0.6 is 15.9 Å². The van der Waals surface area contributed by atoms with Crippen LogP contribution in [0.4, 0.5) is 0 Å². The summed E-state index contributed by atoms with van der Waals surface area (Å²) < 4.78 is 8.96. The molecule has 0 fully saturated rings. The minimum Gasteiger partial charge on any atom is -0.494 e. The van der Waals surface area contributed by atoms with Gasteiger partial charge in [0.15, 0.2) is 0 Å². The molecule has 0 aliphatic heterocycles. The summed E-state index contributed by atoms with van der Waals surface area (Å²) in [6.45, 7) is 10.7. The molecular weight excluding hydrogens is 476 g/mol. The Bertz CT molecular complexity index is 1020. The van der Waals surface area contributed by atoms with Crippen molar-refractivity contribution in [2.75, 3.05) is 26.2 Å². The number of ether oxygens (including phenoxy) is 1. The number of rotatable bonds is 14. The van der Waals surface area contributed by atoms with Gasteiger partial charge in [0.2, 0.25) is 5.78 Å². The number of unbranched alkanes of at least 4 members (excludes halogenated alkanes) is 2. The summed E-state index contributed by atoms with van der Waals surface area (Å²) in [6, 6.07) is 13.6. The fourth-order valence-electron chi connectivity index (χ4n) is 4.21. The van der Waals surface area contributed by atoms with Gasteiger partial charge in [-0.3, -0.25) is 4.79 Å². The van der Waals surface area contributed by atoms with E-state index < -0.39 is 0 Å². The average Bonchev–Trinajstić information content (AvgIpc) is 3.14. The van der Waals surface area contributed by atoms with E-state index in [1.165, 1.54) is 38.8 Å². The van der Waals surface area contributed by atoms with Crippen LogP contribution in [-0.4, -0.2) is 41.3 Å².